The second kappa shape index (κ2) is 9.51. The molecule has 1 aliphatic heterocycles. The second-order valence-electron chi connectivity index (χ2n) is 7.72. The van der Waals surface area contributed by atoms with Crippen LogP contribution in [-0.2, 0) is 22.6 Å². The Bertz CT molecular complexity index is 1030. The van der Waals surface area contributed by atoms with Gasteiger partial charge in [0.25, 0.3) is 0 Å². The van der Waals surface area contributed by atoms with Crippen LogP contribution in [0.1, 0.15) is 17.5 Å². The van der Waals surface area contributed by atoms with Crippen molar-refractivity contribution in [1.82, 2.24) is 9.88 Å². The van der Waals surface area contributed by atoms with Crippen LogP contribution in [0.3, 0.4) is 0 Å². The molecule has 1 aliphatic rings. The second-order valence-corrected chi connectivity index (χ2v) is 7.72. The van der Waals surface area contributed by atoms with Gasteiger partial charge in [-0.2, -0.15) is 0 Å². The molecule has 31 heavy (non-hydrogen) atoms. The molecule has 0 aliphatic carbocycles. The molecule has 1 fully saturated rings. The molecule has 2 heterocycles. The van der Waals surface area contributed by atoms with E-state index in [2.05, 4.69) is 4.98 Å². The highest BCUT2D eigenvalue weighted by Gasteiger charge is 2.37. The summed E-state index contributed by atoms with van der Waals surface area (Å²) < 4.78 is 13.1. The number of aromatic nitrogens is 1. The van der Waals surface area contributed by atoms with E-state index in [4.69, 9.17) is 0 Å². The average Bonchev–Trinajstić information content (AvgIpc) is 3.18. The van der Waals surface area contributed by atoms with Crippen LogP contribution in [0.2, 0.25) is 0 Å². The summed E-state index contributed by atoms with van der Waals surface area (Å²) in [6.07, 6.45) is 2.48. The first-order valence-electron chi connectivity index (χ1n) is 10.4. The van der Waals surface area contributed by atoms with Crippen molar-refractivity contribution in [1.29, 1.82) is 0 Å². The van der Waals surface area contributed by atoms with Gasteiger partial charge in [-0.05, 0) is 41.8 Å². The fourth-order valence-electron chi connectivity index (χ4n) is 3.84. The third-order valence-electron chi connectivity index (χ3n) is 5.52. The molecule has 0 radical (unpaired) electrons. The third kappa shape index (κ3) is 5.15. The minimum Gasteiger partial charge on any atom is -0.342 e. The number of anilines is 1. The molecule has 1 saturated heterocycles. The number of pyridine rings is 1. The number of hydrogen-bond donors (Lipinski definition) is 0. The van der Waals surface area contributed by atoms with Crippen LogP contribution in [0.4, 0.5) is 10.2 Å². The van der Waals surface area contributed by atoms with E-state index in [-0.39, 0.29) is 24.1 Å². The smallest absolute Gasteiger partial charge is 0.233 e. The Morgan fingerprint density at radius 1 is 1.00 bits per heavy atom. The fourth-order valence-corrected chi connectivity index (χ4v) is 3.84. The van der Waals surface area contributed by atoms with E-state index in [1.54, 1.807) is 28.1 Å². The Morgan fingerprint density at radius 3 is 2.45 bits per heavy atom. The molecule has 158 valence electrons. The number of hydrogen-bond acceptors (Lipinski definition) is 3. The van der Waals surface area contributed by atoms with E-state index < -0.39 is 5.92 Å². The Hall–Kier alpha value is -3.54. The molecule has 3 aromatic rings. The Labute approximate surface area is 181 Å². The third-order valence-corrected chi connectivity index (χ3v) is 5.52. The van der Waals surface area contributed by atoms with Gasteiger partial charge in [-0.3, -0.25) is 14.5 Å². The van der Waals surface area contributed by atoms with E-state index in [9.17, 15) is 14.0 Å². The van der Waals surface area contributed by atoms with Gasteiger partial charge >= 0.3 is 0 Å². The van der Waals surface area contributed by atoms with Crippen LogP contribution in [-0.4, -0.2) is 34.8 Å². The first kappa shape index (κ1) is 20.7. The van der Waals surface area contributed by atoms with Gasteiger partial charge < -0.3 is 4.90 Å². The number of halogens is 1. The lowest BCUT2D eigenvalue weighted by Gasteiger charge is -2.25. The predicted molar refractivity (Wildman–Crippen MR) is 117 cm³/mol. The molecule has 6 heteroatoms. The molecule has 0 bridgehead atoms. The first-order valence-corrected chi connectivity index (χ1v) is 10.4. The van der Waals surface area contributed by atoms with Gasteiger partial charge in [0.2, 0.25) is 11.8 Å². The summed E-state index contributed by atoms with van der Waals surface area (Å²) in [5, 5.41) is 0. The summed E-state index contributed by atoms with van der Waals surface area (Å²) in [5.74, 6) is -0.235. The van der Waals surface area contributed by atoms with E-state index in [0.717, 1.165) is 11.1 Å². The molecular weight excluding hydrogens is 393 g/mol. The summed E-state index contributed by atoms with van der Waals surface area (Å²) in [7, 11) is 0. The predicted octanol–water partition coefficient (Wildman–Crippen LogP) is 3.85. The summed E-state index contributed by atoms with van der Waals surface area (Å²) in [4.78, 5) is 33.7. The number of likely N-dealkylation sites (tertiary alicyclic amines) is 1. The average molecular weight is 417 g/mol. The van der Waals surface area contributed by atoms with Crippen LogP contribution < -0.4 is 4.90 Å². The van der Waals surface area contributed by atoms with Crippen molar-refractivity contribution in [3.05, 3.63) is 95.9 Å². The monoisotopic (exact) mass is 417 g/mol. The fraction of sp³-hybridized carbons (Fsp3) is 0.240. The lowest BCUT2D eigenvalue weighted by Crippen LogP contribution is -2.38. The number of nitrogens with zero attached hydrogens (tertiary/aromatic N) is 3. The number of rotatable bonds is 7. The molecular formula is C25H24FN3O2. The molecule has 2 aromatic carbocycles. The Morgan fingerprint density at radius 2 is 1.74 bits per heavy atom. The molecule has 0 saturated carbocycles. The van der Waals surface area contributed by atoms with Crippen LogP contribution in [0.15, 0.2) is 79.0 Å². The van der Waals surface area contributed by atoms with Crippen LogP contribution in [0.5, 0.6) is 0 Å². The molecule has 0 spiro atoms. The zero-order chi connectivity index (χ0) is 21.6. The van der Waals surface area contributed by atoms with Crippen molar-refractivity contribution in [2.75, 3.05) is 18.0 Å². The first-order chi connectivity index (χ1) is 15.1. The van der Waals surface area contributed by atoms with Crippen LogP contribution in [0.25, 0.3) is 0 Å². The van der Waals surface area contributed by atoms with Crippen molar-refractivity contribution in [2.45, 2.75) is 19.4 Å². The van der Waals surface area contributed by atoms with E-state index in [1.165, 1.54) is 12.1 Å². The molecule has 1 aromatic heterocycles. The highest BCUT2D eigenvalue weighted by Crippen LogP contribution is 2.24. The number of carbonyl (C=O) groups is 2. The number of amides is 2. The van der Waals surface area contributed by atoms with Gasteiger partial charge in [-0.15, -0.1) is 0 Å². The maximum Gasteiger partial charge on any atom is 0.233 e. The summed E-state index contributed by atoms with van der Waals surface area (Å²) >= 11 is 0. The molecule has 0 unspecified atom stereocenters. The van der Waals surface area contributed by atoms with Gasteiger partial charge in [0.05, 0.1) is 12.5 Å². The quantitative estimate of drug-likeness (QED) is 0.587. The lowest BCUT2D eigenvalue weighted by molar-refractivity contribution is -0.128. The zero-order valence-corrected chi connectivity index (χ0v) is 17.2. The van der Waals surface area contributed by atoms with Gasteiger partial charge in [-0.1, -0.05) is 48.5 Å². The molecule has 5 nitrogen and oxygen atoms in total. The van der Waals surface area contributed by atoms with Crippen molar-refractivity contribution in [3.63, 3.8) is 0 Å². The summed E-state index contributed by atoms with van der Waals surface area (Å²) in [6.45, 7) is 1.30. The maximum absolute atomic E-state index is 13.4. The zero-order valence-electron chi connectivity index (χ0n) is 17.2. The topological polar surface area (TPSA) is 53.5 Å². The maximum atomic E-state index is 13.4. The number of carbonyl (C=O) groups excluding carboxylic acids is 2. The Balaban J connectivity index is 1.45. The largest absolute Gasteiger partial charge is 0.342 e. The van der Waals surface area contributed by atoms with E-state index in [1.807, 2.05) is 48.5 Å². The highest BCUT2D eigenvalue weighted by molar-refractivity contribution is 5.98. The van der Waals surface area contributed by atoms with E-state index in [0.29, 0.717) is 31.9 Å². The van der Waals surface area contributed by atoms with Crippen molar-refractivity contribution < 1.29 is 14.0 Å². The normalized spacial score (nSPS) is 15.8. The summed E-state index contributed by atoms with van der Waals surface area (Å²) in [5.41, 5.74) is 1.96. The van der Waals surface area contributed by atoms with Crippen LogP contribution >= 0.6 is 0 Å². The van der Waals surface area contributed by atoms with Gasteiger partial charge in [0.1, 0.15) is 11.6 Å². The summed E-state index contributed by atoms with van der Waals surface area (Å²) in [6, 6.07) is 21.5. The number of benzene rings is 2. The van der Waals surface area contributed by atoms with Crippen molar-refractivity contribution >= 4 is 17.6 Å². The highest BCUT2D eigenvalue weighted by atomic mass is 19.1. The molecule has 2 amide bonds. The van der Waals surface area contributed by atoms with Gasteiger partial charge in [0, 0.05) is 25.7 Å². The van der Waals surface area contributed by atoms with Crippen LogP contribution in [0, 0.1) is 11.7 Å². The minimum absolute atomic E-state index is 0.0267. The lowest BCUT2D eigenvalue weighted by atomic mass is 10.1. The molecule has 1 atom stereocenters. The van der Waals surface area contributed by atoms with Crippen molar-refractivity contribution in [3.8, 4) is 0 Å². The minimum atomic E-state index is -0.411. The van der Waals surface area contributed by atoms with E-state index >= 15 is 0 Å². The van der Waals surface area contributed by atoms with Crippen molar-refractivity contribution in [2.24, 2.45) is 5.92 Å². The van der Waals surface area contributed by atoms with Gasteiger partial charge in [-0.25, -0.2) is 9.37 Å². The van der Waals surface area contributed by atoms with Gasteiger partial charge in [0.15, 0.2) is 0 Å². The Kier molecular flexibility index (Phi) is 6.36. The molecule has 4 rings (SSSR count). The SMILES string of the molecule is O=C1C[C@H](C(=O)N(Cc2ccccc2)c2ccccn2)CN1CCc1ccc(F)cc1. The molecule has 0 N–H and O–H groups in total. The standard InChI is InChI=1S/C25H24FN3O2/c26-22-11-9-19(10-12-22)13-15-28-18-21(16-24(28)30)25(31)29(23-8-4-5-14-27-23)17-20-6-2-1-3-7-20/h1-12,14,21H,13,15-18H2/t21-/m0/s1.